The molecule has 37 heavy (non-hydrogen) atoms. The summed E-state index contributed by atoms with van der Waals surface area (Å²) in [5, 5.41) is 9.44. The van der Waals surface area contributed by atoms with Crippen molar-refractivity contribution in [3.63, 3.8) is 0 Å². The van der Waals surface area contributed by atoms with Crippen LogP contribution in [0.3, 0.4) is 0 Å². The highest BCUT2D eigenvalue weighted by molar-refractivity contribution is 8.02. The summed E-state index contributed by atoms with van der Waals surface area (Å²) in [6, 6.07) is 17.3. The van der Waals surface area contributed by atoms with Gasteiger partial charge in [-0.3, -0.25) is 14.4 Å². The van der Waals surface area contributed by atoms with Gasteiger partial charge < -0.3 is 21.3 Å². The third-order valence-corrected chi connectivity index (χ3v) is 6.90. The Labute approximate surface area is 219 Å². The van der Waals surface area contributed by atoms with Gasteiger partial charge in [0.15, 0.2) is 0 Å². The number of benzene rings is 3. The van der Waals surface area contributed by atoms with Gasteiger partial charge in [0.05, 0.1) is 5.69 Å². The number of fused-ring (bicyclic) bond motifs is 2. The molecule has 3 amide bonds. The largest absolute Gasteiger partial charge is 0.354 e. The topological polar surface area (TPSA) is 105 Å². The van der Waals surface area contributed by atoms with E-state index in [9.17, 15) is 18.8 Å². The maximum atomic E-state index is 13.9. The number of amides is 3. The third-order valence-electron chi connectivity index (χ3n) is 6.03. The third kappa shape index (κ3) is 6.96. The minimum Gasteiger partial charge on any atom is -0.354 e. The number of thioether (sulfide) groups is 1. The standard InChI is InChI=1S/C28H29FN4O3S/c29-22-8-9-25-24(18-22)33(27(35)11-15-37-25)14-10-26(34)32-23(28(36)31-13-3-12-30)17-19-6-7-20-4-1-2-5-21(20)16-19/h1-2,4-9,11,15-16,18,23H,3,10,12-14,17,30H2,(H,31,36)(H,32,34)/t23-/m1/s1. The van der Waals surface area contributed by atoms with E-state index >= 15 is 0 Å². The Morgan fingerprint density at radius 2 is 1.86 bits per heavy atom. The molecular weight excluding hydrogens is 491 g/mol. The lowest BCUT2D eigenvalue weighted by Gasteiger charge is -2.23. The van der Waals surface area contributed by atoms with E-state index in [2.05, 4.69) is 10.6 Å². The number of carbonyl (C=O) groups excluding carboxylic acids is 3. The van der Waals surface area contributed by atoms with Crippen LogP contribution in [0.2, 0.25) is 0 Å². The number of carbonyl (C=O) groups is 3. The van der Waals surface area contributed by atoms with Gasteiger partial charge in [0.2, 0.25) is 11.8 Å². The normalized spacial score (nSPS) is 13.7. The van der Waals surface area contributed by atoms with Gasteiger partial charge in [-0.1, -0.05) is 54.2 Å². The SMILES string of the molecule is NCCCNC(=O)[C@@H](Cc1ccc2ccccc2c1)NC(=O)CCN1C(=O)C=CSc2ccc(F)cc21. The number of hydrogen-bond acceptors (Lipinski definition) is 5. The van der Waals surface area contributed by atoms with Gasteiger partial charge in [-0.25, -0.2) is 4.39 Å². The van der Waals surface area contributed by atoms with E-state index in [1.54, 1.807) is 11.5 Å². The maximum absolute atomic E-state index is 13.9. The van der Waals surface area contributed by atoms with Gasteiger partial charge in [0, 0.05) is 36.9 Å². The molecule has 0 unspecified atom stereocenters. The van der Waals surface area contributed by atoms with Crippen LogP contribution in [0, 0.1) is 5.82 Å². The van der Waals surface area contributed by atoms with E-state index in [4.69, 9.17) is 5.73 Å². The Bertz CT molecular complexity index is 1330. The smallest absolute Gasteiger partial charge is 0.251 e. The van der Waals surface area contributed by atoms with Crippen LogP contribution in [0.15, 0.2) is 77.0 Å². The van der Waals surface area contributed by atoms with Crippen molar-refractivity contribution in [3.05, 3.63) is 83.5 Å². The van der Waals surface area contributed by atoms with E-state index in [0.717, 1.165) is 21.2 Å². The van der Waals surface area contributed by atoms with E-state index in [0.29, 0.717) is 31.6 Å². The molecule has 1 aliphatic rings. The summed E-state index contributed by atoms with van der Waals surface area (Å²) in [6.45, 7) is 0.901. The molecule has 3 aromatic rings. The zero-order chi connectivity index (χ0) is 26.2. The monoisotopic (exact) mass is 520 g/mol. The minimum absolute atomic E-state index is 0.0451. The maximum Gasteiger partial charge on any atom is 0.251 e. The summed E-state index contributed by atoms with van der Waals surface area (Å²) in [4.78, 5) is 40.6. The molecule has 1 heterocycles. The molecule has 192 valence electrons. The molecule has 3 aromatic carbocycles. The van der Waals surface area contributed by atoms with Crippen molar-refractivity contribution < 1.29 is 18.8 Å². The van der Waals surface area contributed by atoms with Crippen molar-refractivity contribution in [2.75, 3.05) is 24.5 Å². The average Bonchev–Trinajstić information content (AvgIpc) is 3.04. The predicted molar refractivity (Wildman–Crippen MR) is 145 cm³/mol. The Morgan fingerprint density at radius 1 is 1.05 bits per heavy atom. The molecule has 0 aliphatic carbocycles. The molecule has 9 heteroatoms. The molecule has 0 spiro atoms. The lowest BCUT2D eigenvalue weighted by molar-refractivity contribution is -0.129. The summed E-state index contributed by atoms with van der Waals surface area (Å²) in [5.74, 6) is -1.48. The molecule has 0 fully saturated rings. The van der Waals surface area contributed by atoms with Crippen molar-refractivity contribution in [3.8, 4) is 0 Å². The summed E-state index contributed by atoms with van der Waals surface area (Å²) >= 11 is 1.31. The van der Waals surface area contributed by atoms with Gasteiger partial charge in [-0.05, 0) is 52.9 Å². The van der Waals surface area contributed by atoms with Crippen LogP contribution in [0.25, 0.3) is 10.8 Å². The number of nitrogens with zero attached hydrogens (tertiary/aromatic N) is 1. The first-order valence-corrected chi connectivity index (χ1v) is 13.0. The molecule has 7 nitrogen and oxygen atoms in total. The number of rotatable bonds is 10. The van der Waals surface area contributed by atoms with E-state index < -0.39 is 11.9 Å². The molecule has 0 saturated heterocycles. The number of nitrogens with one attached hydrogen (secondary N) is 2. The summed E-state index contributed by atoms with van der Waals surface area (Å²) in [6.07, 6.45) is 2.28. The summed E-state index contributed by atoms with van der Waals surface area (Å²) in [7, 11) is 0. The van der Waals surface area contributed by atoms with Crippen molar-refractivity contribution in [2.24, 2.45) is 5.73 Å². The summed E-state index contributed by atoms with van der Waals surface area (Å²) in [5.41, 5.74) is 6.87. The highest BCUT2D eigenvalue weighted by Gasteiger charge is 2.24. The fourth-order valence-corrected chi connectivity index (χ4v) is 4.90. The molecule has 1 atom stereocenters. The first kappa shape index (κ1) is 26.4. The number of anilines is 1. The van der Waals surface area contributed by atoms with Crippen LogP contribution in [0.4, 0.5) is 10.1 Å². The lowest BCUT2D eigenvalue weighted by atomic mass is 10.0. The van der Waals surface area contributed by atoms with E-state index in [1.807, 2.05) is 42.5 Å². The highest BCUT2D eigenvalue weighted by atomic mass is 32.2. The Hall–Kier alpha value is -3.69. The Morgan fingerprint density at radius 3 is 2.68 bits per heavy atom. The van der Waals surface area contributed by atoms with Crippen LogP contribution in [0.5, 0.6) is 0 Å². The molecule has 0 radical (unpaired) electrons. The number of nitrogens with two attached hydrogens (primary N) is 1. The quantitative estimate of drug-likeness (QED) is 0.355. The second-order valence-corrected chi connectivity index (χ2v) is 9.66. The van der Waals surface area contributed by atoms with Crippen molar-refractivity contribution >= 4 is 45.9 Å². The van der Waals surface area contributed by atoms with E-state index in [-0.39, 0.29) is 30.7 Å². The summed E-state index contributed by atoms with van der Waals surface area (Å²) < 4.78 is 13.9. The molecule has 0 aromatic heterocycles. The van der Waals surface area contributed by atoms with Crippen LogP contribution in [0.1, 0.15) is 18.4 Å². The van der Waals surface area contributed by atoms with Gasteiger partial charge in [-0.2, -0.15) is 0 Å². The van der Waals surface area contributed by atoms with Crippen molar-refractivity contribution in [1.82, 2.24) is 10.6 Å². The predicted octanol–water partition coefficient (Wildman–Crippen LogP) is 3.51. The average molecular weight is 521 g/mol. The lowest BCUT2D eigenvalue weighted by Crippen LogP contribution is -2.49. The van der Waals surface area contributed by atoms with Gasteiger partial charge in [-0.15, -0.1) is 0 Å². The van der Waals surface area contributed by atoms with Gasteiger partial charge in [0.1, 0.15) is 11.9 Å². The van der Waals surface area contributed by atoms with Gasteiger partial charge >= 0.3 is 0 Å². The Balaban J connectivity index is 1.46. The fourth-order valence-electron chi connectivity index (χ4n) is 4.13. The number of hydrogen-bond donors (Lipinski definition) is 3. The first-order valence-electron chi connectivity index (χ1n) is 12.1. The van der Waals surface area contributed by atoms with Gasteiger partial charge in [0.25, 0.3) is 5.91 Å². The molecule has 4 N–H and O–H groups in total. The number of halogens is 1. The first-order chi connectivity index (χ1) is 17.9. The molecular formula is C28H29FN4O3S. The van der Waals surface area contributed by atoms with Crippen LogP contribution >= 0.6 is 11.8 Å². The van der Waals surface area contributed by atoms with E-state index in [1.165, 1.54) is 34.9 Å². The second kappa shape index (κ2) is 12.5. The second-order valence-electron chi connectivity index (χ2n) is 8.71. The highest BCUT2D eigenvalue weighted by Crippen LogP contribution is 2.34. The molecule has 0 saturated carbocycles. The zero-order valence-electron chi connectivity index (χ0n) is 20.3. The zero-order valence-corrected chi connectivity index (χ0v) is 21.1. The van der Waals surface area contributed by atoms with Crippen LogP contribution in [-0.4, -0.2) is 43.4 Å². The minimum atomic E-state index is -0.800. The van der Waals surface area contributed by atoms with Crippen LogP contribution in [-0.2, 0) is 20.8 Å². The fraction of sp³-hybridized carbons (Fsp3) is 0.250. The van der Waals surface area contributed by atoms with Crippen molar-refractivity contribution in [1.29, 1.82) is 0 Å². The molecule has 0 bridgehead atoms. The Kier molecular flexibility index (Phi) is 8.92. The molecule has 4 rings (SSSR count). The van der Waals surface area contributed by atoms with Crippen molar-refractivity contribution in [2.45, 2.75) is 30.2 Å². The molecule has 1 aliphatic heterocycles. The van der Waals surface area contributed by atoms with Crippen LogP contribution < -0.4 is 21.3 Å².